The molecule has 12 heavy (non-hydrogen) atoms. The van der Waals surface area contributed by atoms with Crippen LogP contribution >= 0.6 is 0 Å². The number of aromatic nitrogens is 2. The van der Waals surface area contributed by atoms with Crippen LogP contribution in [-0.4, -0.2) is 27.1 Å². The van der Waals surface area contributed by atoms with E-state index >= 15 is 0 Å². The quantitative estimate of drug-likeness (QED) is 0.582. The maximum absolute atomic E-state index is 8.82. The summed E-state index contributed by atoms with van der Waals surface area (Å²) in [5.41, 5.74) is -0.117. The van der Waals surface area contributed by atoms with Crippen LogP contribution in [0.1, 0.15) is 28.6 Å². The lowest BCUT2D eigenvalue weighted by Gasteiger charge is -1.99. The summed E-state index contributed by atoms with van der Waals surface area (Å²) in [5, 5.41) is 17.6. The van der Waals surface area contributed by atoms with Gasteiger partial charge in [-0.15, -0.1) is 0 Å². The second kappa shape index (κ2) is 4.18. The Labute approximate surface area is 81.3 Å². The summed E-state index contributed by atoms with van der Waals surface area (Å²) >= 11 is 0. The molecule has 0 bridgehead atoms. The van der Waals surface area contributed by atoms with E-state index in [-0.39, 0.29) is 5.46 Å². The van der Waals surface area contributed by atoms with Gasteiger partial charge in [-0.05, 0) is 6.37 Å². The molecule has 64 valence electrons. The predicted molar refractivity (Wildman–Crippen MR) is 45.9 cm³/mol. The summed E-state index contributed by atoms with van der Waals surface area (Å²) in [4.78, 5) is 6.91. The van der Waals surface area contributed by atoms with E-state index in [1.165, 1.54) is 0 Å². The minimum atomic E-state index is -3.20. The molecule has 0 aliphatic heterocycles. The third kappa shape index (κ3) is 2.28. The zero-order valence-corrected chi connectivity index (χ0v) is 6.02. The number of rotatable bonds is 3. The molecular formula is C7H11BN2O2. The van der Waals surface area contributed by atoms with E-state index in [0.717, 1.165) is 12.4 Å². The third-order valence-corrected chi connectivity index (χ3v) is 1.14. The SMILES string of the molecule is [2H]C([2H])([2H])C([2H])([2H])C([2H])([2H])c1ncc(B(O)O)cn1. The topological polar surface area (TPSA) is 66.2 Å². The second-order valence-corrected chi connectivity index (χ2v) is 1.96. The first kappa shape index (κ1) is 3.43. The summed E-state index contributed by atoms with van der Waals surface area (Å²) in [7, 11) is -1.85. The van der Waals surface area contributed by atoms with Crippen molar-refractivity contribution in [2.45, 2.75) is 19.6 Å². The molecule has 4 nitrogen and oxygen atoms in total. The van der Waals surface area contributed by atoms with Crippen molar-refractivity contribution in [1.29, 1.82) is 0 Å². The largest absolute Gasteiger partial charge is 0.491 e. The van der Waals surface area contributed by atoms with Crippen LogP contribution in [0.25, 0.3) is 0 Å². The molecule has 0 saturated carbocycles. The highest BCUT2D eigenvalue weighted by Gasteiger charge is 2.10. The van der Waals surface area contributed by atoms with Gasteiger partial charge in [-0.2, -0.15) is 0 Å². The summed E-state index contributed by atoms with van der Waals surface area (Å²) < 4.78 is 51.1. The molecule has 1 heterocycles. The lowest BCUT2D eigenvalue weighted by molar-refractivity contribution is 0.425. The van der Waals surface area contributed by atoms with Gasteiger partial charge >= 0.3 is 7.12 Å². The van der Waals surface area contributed by atoms with Crippen LogP contribution in [0, 0.1) is 0 Å². The van der Waals surface area contributed by atoms with Gasteiger partial charge in [-0.25, -0.2) is 9.97 Å². The van der Waals surface area contributed by atoms with Crippen molar-refractivity contribution in [3.63, 3.8) is 0 Å². The van der Waals surface area contributed by atoms with Gasteiger partial charge in [0.05, 0.1) is 0 Å². The molecule has 2 N–H and O–H groups in total. The Morgan fingerprint density at radius 1 is 1.58 bits per heavy atom. The van der Waals surface area contributed by atoms with Crippen molar-refractivity contribution < 1.29 is 19.6 Å². The van der Waals surface area contributed by atoms with Gasteiger partial charge in [0.1, 0.15) is 5.82 Å². The van der Waals surface area contributed by atoms with Crippen molar-refractivity contribution in [3.05, 3.63) is 18.2 Å². The zero-order chi connectivity index (χ0) is 15.1. The van der Waals surface area contributed by atoms with Gasteiger partial charge in [0.2, 0.25) is 0 Å². The molecule has 1 aromatic heterocycles. The molecule has 0 unspecified atom stereocenters. The first-order chi connectivity index (χ1) is 8.41. The molecular weight excluding hydrogens is 155 g/mol. The number of aryl methyl sites for hydroxylation is 1. The van der Waals surface area contributed by atoms with Crippen LogP contribution in [0.3, 0.4) is 0 Å². The summed E-state index contributed by atoms with van der Waals surface area (Å²) in [6.45, 7) is -3.20. The van der Waals surface area contributed by atoms with Crippen LogP contribution in [0.15, 0.2) is 12.4 Å². The summed E-state index contributed by atoms with van der Waals surface area (Å²) in [6, 6.07) is 0. The standard InChI is InChI=1S/C7H11BN2O2/c1-2-3-7-9-4-6(5-10-7)8(11)12/h4-5,11-12H,2-3H2,1H3/i1D3,2D2,3D2. The molecule has 0 spiro atoms. The summed E-state index contributed by atoms with van der Waals surface area (Å²) in [6.07, 6.45) is -4.38. The Bertz CT molecular complexity index is 448. The highest BCUT2D eigenvalue weighted by molar-refractivity contribution is 6.58. The third-order valence-electron chi connectivity index (χ3n) is 1.14. The first-order valence-electron chi connectivity index (χ1n) is 6.60. The number of hydrogen-bond acceptors (Lipinski definition) is 4. The van der Waals surface area contributed by atoms with Crippen molar-refractivity contribution in [1.82, 2.24) is 9.97 Å². The number of hydrogen-bond donors (Lipinski definition) is 2. The first-order valence-corrected chi connectivity index (χ1v) is 3.10. The molecule has 0 saturated heterocycles. The van der Waals surface area contributed by atoms with Gasteiger partial charge in [0.15, 0.2) is 0 Å². The minimum absolute atomic E-state index is 0.117. The lowest BCUT2D eigenvalue weighted by atomic mass is 9.83. The van der Waals surface area contributed by atoms with Gasteiger partial charge in [0.25, 0.3) is 0 Å². The Kier molecular flexibility index (Phi) is 1.20. The maximum atomic E-state index is 8.82. The van der Waals surface area contributed by atoms with Crippen LogP contribution < -0.4 is 5.46 Å². The molecule has 5 heteroatoms. The van der Waals surface area contributed by atoms with E-state index in [9.17, 15) is 0 Å². The Morgan fingerprint density at radius 2 is 2.25 bits per heavy atom. The van der Waals surface area contributed by atoms with Crippen LogP contribution in [0.4, 0.5) is 0 Å². The summed E-state index contributed by atoms with van der Waals surface area (Å²) in [5.74, 6) is -0.682. The molecule has 0 aliphatic carbocycles. The molecule has 0 fully saturated rings. The molecule has 0 amide bonds. The Hall–Kier alpha value is -0.935. The smallest absolute Gasteiger partial charge is 0.423 e. The Balaban J connectivity index is 3.20. The predicted octanol–water partition coefficient (Wildman–Crippen LogP) is -0.891. The van der Waals surface area contributed by atoms with Crippen LogP contribution in [-0.2, 0) is 6.37 Å². The molecule has 0 aromatic carbocycles. The normalized spacial score (nSPS) is 22.0. The monoisotopic (exact) mass is 173 g/mol. The highest BCUT2D eigenvalue weighted by Crippen LogP contribution is 1.91. The molecule has 0 aliphatic rings. The van der Waals surface area contributed by atoms with E-state index in [0.29, 0.717) is 0 Å². The Morgan fingerprint density at radius 3 is 2.75 bits per heavy atom. The van der Waals surface area contributed by atoms with E-state index < -0.39 is 32.5 Å². The van der Waals surface area contributed by atoms with E-state index in [2.05, 4.69) is 9.97 Å². The fourth-order valence-electron chi connectivity index (χ4n) is 0.592. The molecule has 0 radical (unpaired) electrons. The van der Waals surface area contributed by atoms with Gasteiger partial charge in [-0.3, -0.25) is 0 Å². The van der Waals surface area contributed by atoms with E-state index in [4.69, 9.17) is 19.6 Å². The average molecular weight is 173 g/mol. The fourth-order valence-corrected chi connectivity index (χ4v) is 0.592. The van der Waals surface area contributed by atoms with Crippen LogP contribution in [0.2, 0.25) is 0 Å². The van der Waals surface area contributed by atoms with E-state index in [1.807, 2.05) is 0 Å². The van der Waals surface area contributed by atoms with Crippen LogP contribution in [0.5, 0.6) is 0 Å². The minimum Gasteiger partial charge on any atom is -0.423 e. The average Bonchev–Trinajstić information content (AvgIpc) is 2.27. The van der Waals surface area contributed by atoms with Gasteiger partial charge in [0, 0.05) is 33.8 Å². The molecule has 1 aromatic rings. The molecule has 1 rings (SSSR count). The van der Waals surface area contributed by atoms with Gasteiger partial charge in [-0.1, -0.05) is 6.85 Å². The number of nitrogens with zero attached hydrogens (tertiary/aromatic N) is 2. The van der Waals surface area contributed by atoms with Crippen molar-refractivity contribution in [2.24, 2.45) is 0 Å². The maximum Gasteiger partial charge on any atom is 0.491 e. The van der Waals surface area contributed by atoms with E-state index in [1.54, 1.807) is 0 Å². The fraction of sp³-hybridized carbons (Fsp3) is 0.429. The zero-order valence-electron chi connectivity index (χ0n) is 13.0. The van der Waals surface area contributed by atoms with Crippen molar-refractivity contribution in [3.8, 4) is 0 Å². The van der Waals surface area contributed by atoms with Gasteiger partial charge < -0.3 is 10.0 Å². The molecule has 0 atom stereocenters. The second-order valence-electron chi connectivity index (χ2n) is 1.96. The van der Waals surface area contributed by atoms with Crippen molar-refractivity contribution >= 4 is 12.6 Å². The highest BCUT2D eigenvalue weighted by atomic mass is 16.4. The van der Waals surface area contributed by atoms with Crippen molar-refractivity contribution in [2.75, 3.05) is 0 Å². The lowest BCUT2D eigenvalue weighted by Crippen LogP contribution is -2.30.